The van der Waals surface area contributed by atoms with E-state index in [2.05, 4.69) is 0 Å². The molecule has 9 heteroatoms. The Labute approximate surface area is 155 Å². The van der Waals surface area contributed by atoms with Crippen LogP contribution in [0, 0.1) is 6.92 Å². The van der Waals surface area contributed by atoms with E-state index in [1.807, 2.05) is 25.1 Å². The highest BCUT2D eigenvalue weighted by molar-refractivity contribution is 7.91. The van der Waals surface area contributed by atoms with Gasteiger partial charge in [0.2, 0.25) is 0 Å². The Morgan fingerprint density at radius 1 is 1.08 bits per heavy atom. The number of carbonyl (C=O) groups excluding carboxylic acids is 1. The molecule has 1 aromatic carbocycles. The molecule has 1 saturated heterocycles. The molecule has 1 amide bonds. The van der Waals surface area contributed by atoms with Gasteiger partial charge in [-0.25, -0.2) is 13.2 Å². The number of hydrogen-bond donors (Lipinski definition) is 1. The number of carbonyl (C=O) groups is 2. The molecule has 26 heavy (non-hydrogen) atoms. The Kier molecular flexibility index (Phi) is 5.12. The zero-order chi connectivity index (χ0) is 18.9. The maximum absolute atomic E-state index is 12.7. The van der Waals surface area contributed by atoms with Crippen molar-refractivity contribution in [3.05, 3.63) is 52.4 Å². The standard InChI is InChI=1S/C17H18N2O5S2/c1-12-3-2-4-13(9-12)16(20)18-5-7-19(8-6-18)26(23,24)15-10-14(11-25-15)17(21)22/h2-4,9-11H,5-8H2,1H3,(H,21,22). The monoisotopic (exact) mass is 394 g/mol. The van der Waals surface area contributed by atoms with E-state index in [4.69, 9.17) is 5.11 Å². The average Bonchev–Trinajstić information content (AvgIpc) is 3.12. The molecule has 1 N–H and O–H groups in total. The van der Waals surface area contributed by atoms with Gasteiger partial charge in [0.05, 0.1) is 5.56 Å². The Balaban J connectivity index is 1.69. The van der Waals surface area contributed by atoms with Crippen LogP contribution in [0.15, 0.2) is 39.9 Å². The van der Waals surface area contributed by atoms with Crippen LogP contribution in [0.5, 0.6) is 0 Å². The van der Waals surface area contributed by atoms with Crippen LogP contribution in [0.25, 0.3) is 0 Å². The average molecular weight is 394 g/mol. The molecule has 1 aliphatic rings. The smallest absolute Gasteiger partial charge is 0.336 e. The number of carboxylic acid groups (broad SMARTS) is 1. The fourth-order valence-corrected chi connectivity index (χ4v) is 5.51. The SMILES string of the molecule is Cc1cccc(C(=O)N2CCN(S(=O)(=O)c3cc(C(=O)O)cs3)CC2)c1. The van der Waals surface area contributed by atoms with Crippen molar-refractivity contribution in [3.8, 4) is 0 Å². The molecule has 0 atom stereocenters. The van der Waals surface area contributed by atoms with Crippen molar-refractivity contribution in [2.45, 2.75) is 11.1 Å². The Morgan fingerprint density at radius 3 is 2.35 bits per heavy atom. The molecule has 1 aliphatic heterocycles. The maximum atomic E-state index is 12.7. The minimum Gasteiger partial charge on any atom is -0.478 e. The summed E-state index contributed by atoms with van der Waals surface area (Å²) >= 11 is 0.893. The van der Waals surface area contributed by atoms with E-state index in [-0.39, 0.29) is 28.8 Å². The van der Waals surface area contributed by atoms with Crippen LogP contribution in [-0.2, 0) is 10.0 Å². The van der Waals surface area contributed by atoms with Crippen molar-refractivity contribution in [1.82, 2.24) is 9.21 Å². The second kappa shape index (κ2) is 7.18. The predicted molar refractivity (Wildman–Crippen MR) is 97.1 cm³/mol. The summed E-state index contributed by atoms with van der Waals surface area (Å²) in [6.45, 7) is 2.86. The zero-order valence-electron chi connectivity index (χ0n) is 14.1. The van der Waals surface area contributed by atoms with Crippen molar-refractivity contribution < 1.29 is 23.1 Å². The highest BCUT2D eigenvalue weighted by Gasteiger charge is 2.31. The van der Waals surface area contributed by atoms with E-state index in [0.29, 0.717) is 18.7 Å². The van der Waals surface area contributed by atoms with Gasteiger partial charge in [0.1, 0.15) is 4.21 Å². The van der Waals surface area contributed by atoms with Gasteiger partial charge >= 0.3 is 5.97 Å². The van der Waals surface area contributed by atoms with E-state index in [1.165, 1.54) is 15.8 Å². The van der Waals surface area contributed by atoms with E-state index in [1.54, 1.807) is 11.0 Å². The van der Waals surface area contributed by atoms with Gasteiger partial charge in [-0.2, -0.15) is 4.31 Å². The predicted octanol–water partition coefficient (Wildman–Crippen LogP) is 1.90. The van der Waals surface area contributed by atoms with Crippen LogP contribution in [0.3, 0.4) is 0 Å². The number of benzene rings is 1. The van der Waals surface area contributed by atoms with Gasteiger partial charge in [-0.1, -0.05) is 17.7 Å². The van der Waals surface area contributed by atoms with Crippen LogP contribution in [0.1, 0.15) is 26.3 Å². The maximum Gasteiger partial charge on any atom is 0.336 e. The molecule has 2 aromatic rings. The van der Waals surface area contributed by atoms with Crippen LogP contribution in [-0.4, -0.2) is 60.8 Å². The molecule has 3 rings (SSSR count). The highest BCUT2D eigenvalue weighted by Crippen LogP contribution is 2.25. The number of rotatable bonds is 4. The lowest BCUT2D eigenvalue weighted by atomic mass is 10.1. The van der Waals surface area contributed by atoms with Crippen LogP contribution in [0.4, 0.5) is 0 Å². The minimum absolute atomic E-state index is 0.00774. The largest absolute Gasteiger partial charge is 0.478 e. The molecule has 7 nitrogen and oxygen atoms in total. The molecule has 0 bridgehead atoms. The molecule has 0 saturated carbocycles. The number of thiophene rings is 1. The number of hydrogen-bond acceptors (Lipinski definition) is 5. The third kappa shape index (κ3) is 3.64. The van der Waals surface area contributed by atoms with Crippen molar-refractivity contribution in [2.75, 3.05) is 26.2 Å². The van der Waals surface area contributed by atoms with Gasteiger partial charge in [0, 0.05) is 37.1 Å². The van der Waals surface area contributed by atoms with Crippen molar-refractivity contribution in [1.29, 1.82) is 0 Å². The molecule has 0 spiro atoms. The number of sulfonamides is 1. The first-order valence-electron chi connectivity index (χ1n) is 7.97. The summed E-state index contributed by atoms with van der Waals surface area (Å²) in [6, 6.07) is 8.46. The molecule has 2 heterocycles. The summed E-state index contributed by atoms with van der Waals surface area (Å²) in [5, 5.41) is 10.3. The highest BCUT2D eigenvalue weighted by atomic mass is 32.2. The first-order valence-corrected chi connectivity index (χ1v) is 10.3. The third-order valence-corrected chi connectivity index (χ3v) is 7.52. The van der Waals surface area contributed by atoms with E-state index in [9.17, 15) is 18.0 Å². The molecule has 0 radical (unpaired) electrons. The fraction of sp³-hybridized carbons (Fsp3) is 0.294. The lowest BCUT2D eigenvalue weighted by Gasteiger charge is -2.33. The Morgan fingerprint density at radius 2 is 1.77 bits per heavy atom. The lowest BCUT2D eigenvalue weighted by molar-refractivity contribution is 0.0688. The quantitative estimate of drug-likeness (QED) is 0.855. The number of nitrogens with zero attached hydrogens (tertiary/aromatic N) is 2. The van der Waals surface area contributed by atoms with E-state index in [0.717, 1.165) is 16.9 Å². The van der Waals surface area contributed by atoms with Gasteiger partial charge in [0.15, 0.2) is 0 Å². The number of aromatic carboxylic acids is 1. The molecule has 138 valence electrons. The Bertz CT molecular complexity index is 944. The summed E-state index contributed by atoms with van der Waals surface area (Å²) in [5.41, 5.74) is 1.54. The number of carboxylic acids is 1. The van der Waals surface area contributed by atoms with Crippen LogP contribution < -0.4 is 0 Å². The zero-order valence-corrected chi connectivity index (χ0v) is 15.7. The van der Waals surface area contributed by atoms with Gasteiger partial charge in [0.25, 0.3) is 15.9 Å². The number of piperazine rings is 1. The normalized spacial score (nSPS) is 15.8. The van der Waals surface area contributed by atoms with Crippen molar-refractivity contribution in [3.63, 3.8) is 0 Å². The minimum atomic E-state index is -3.74. The molecule has 0 aliphatic carbocycles. The molecule has 0 unspecified atom stereocenters. The summed E-state index contributed by atoms with van der Waals surface area (Å²) in [4.78, 5) is 25.1. The van der Waals surface area contributed by atoms with Gasteiger partial charge in [-0.15, -0.1) is 11.3 Å². The van der Waals surface area contributed by atoms with Gasteiger partial charge < -0.3 is 10.0 Å². The first kappa shape index (κ1) is 18.6. The fourth-order valence-electron chi connectivity index (χ4n) is 2.78. The molecular formula is C17H18N2O5S2. The van der Waals surface area contributed by atoms with Crippen LogP contribution in [0.2, 0.25) is 0 Å². The van der Waals surface area contributed by atoms with E-state index < -0.39 is 16.0 Å². The molecule has 1 aromatic heterocycles. The number of amides is 1. The van der Waals surface area contributed by atoms with E-state index >= 15 is 0 Å². The topological polar surface area (TPSA) is 95.0 Å². The third-order valence-electron chi connectivity index (χ3n) is 4.21. The Hall–Kier alpha value is -2.23. The second-order valence-corrected chi connectivity index (χ2v) is 9.10. The first-order chi connectivity index (χ1) is 12.3. The van der Waals surface area contributed by atoms with Crippen molar-refractivity contribution >= 4 is 33.2 Å². The lowest BCUT2D eigenvalue weighted by Crippen LogP contribution is -2.50. The summed E-state index contributed by atoms with van der Waals surface area (Å²) in [6.07, 6.45) is 0. The molecule has 1 fully saturated rings. The van der Waals surface area contributed by atoms with Crippen LogP contribution >= 0.6 is 11.3 Å². The summed E-state index contributed by atoms with van der Waals surface area (Å²) in [5.74, 6) is -1.27. The summed E-state index contributed by atoms with van der Waals surface area (Å²) in [7, 11) is -3.74. The van der Waals surface area contributed by atoms with Gasteiger partial charge in [-0.3, -0.25) is 4.79 Å². The molecular weight excluding hydrogens is 376 g/mol. The van der Waals surface area contributed by atoms with Gasteiger partial charge in [-0.05, 0) is 25.1 Å². The second-order valence-electron chi connectivity index (χ2n) is 6.03. The summed E-state index contributed by atoms with van der Waals surface area (Å²) < 4.78 is 26.6. The number of aryl methyl sites for hydroxylation is 1. The van der Waals surface area contributed by atoms with Crippen molar-refractivity contribution in [2.24, 2.45) is 0 Å².